The number of halogens is 1. The topological polar surface area (TPSA) is 77.1 Å². The predicted octanol–water partition coefficient (Wildman–Crippen LogP) is 5.19. The van der Waals surface area contributed by atoms with Crippen LogP contribution in [0.15, 0.2) is 59.6 Å². The Morgan fingerprint density at radius 1 is 1.15 bits per heavy atom. The van der Waals surface area contributed by atoms with Crippen molar-refractivity contribution >= 4 is 41.3 Å². The summed E-state index contributed by atoms with van der Waals surface area (Å²) in [4.78, 5) is 18.1. The number of ether oxygens (including phenoxy) is 2. The lowest BCUT2D eigenvalue weighted by Crippen LogP contribution is -2.31. The largest absolute Gasteiger partial charge is 0.493 e. The molecule has 1 amide bonds. The van der Waals surface area contributed by atoms with E-state index in [4.69, 9.17) is 31.8 Å². The van der Waals surface area contributed by atoms with Gasteiger partial charge in [-0.25, -0.2) is 0 Å². The van der Waals surface area contributed by atoms with Crippen LogP contribution in [0, 0.1) is 6.92 Å². The molecule has 0 bridgehead atoms. The van der Waals surface area contributed by atoms with Crippen molar-refractivity contribution in [2.75, 3.05) is 17.7 Å². The van der Waals surface area contributed by atoms with Gasteiger partial charge in [0.25, 0.3) is 0 Å². The molecule has 7 heteroatoms. The first-order valence-corrected chi connectivity index (χ1v) is 11.2. The molecule has 1 aliphatic rings. The molecule has 6 nitrogen and oxygen atoms in total. The highest BCUT2D eigenvalue weighted by Gasteiger charge is 2.27. The lowest BCUT2D eigenvalue weighted by Gasteiger charge is -2.17. The van der Waals surface area contributed by atoms with Gasteiger partial charge in [-0.2, -0.15) is 0 Å². The summed E-state index contributed by atoms with van der Waals surface area (Å²) in [5, 5.41) is 0. The van der Waals surface area contributed by atoms with Gasteiger partial charge in [-0.1, -0.05) is 24.3 Å². The molecule has 170 valence electrons. The number of amides is 1. The van der Waals surface area contributed by atoms with E-state index in [1.54, 1.807) is 12.0 Å². The number of methoxy groups -OCH3 is 1. The van der Waals surface area contributed by atoms with Gasteiger partial charge >= 0.3 is 0 Å². The number of aliphatic imine (C=N–C) groups is 1. The van der Waals surface area contributed by atoms with Gasteiger partial charge in [0.15, 0.2) is 11.5 Å². The van der Waals surface area contributed by atoms with E-state index in [9.17, 15) is 4.79 Å². The van der Waals surface area contributed by atoms with Crippen LogP contribution in [0.3, 0.4) is 0 Å². The number of alkyl halides is 1. The Labute approximate surface area is 198 Å². The van der Waals surface area contributed by atoms with Crippen molar-refractivity contribution in [1.29, 1.82) is 0 Å². The van der Waals surface area contributed by atoms with E-state index in [-0.39, 0.29) is 6.04 Å². The first kappa shape index (κ1) is 22.7. The molecule has 0 radical (unpaired) electrons. The number of rotatable bonds is 8. The van der Waals surface area contributed by atoms with E-state index >= 15 is 0 Å². The van der Waals surface area contributed by atoms with Gasteiger partial charge in [-0.3, -0.25) is 9.79 Å². The molecule has 4 rings (SSSR count). The summed E-state index contributed by atoms with van der Waals surface area (Å²) in [5.41, 5.74) is 12.2. The van der Waals surface area contributed by atoms with Gasteiger partial charge < -0.3 is 20.1 Å². The van der Waals surface area contributed by atoms with Crippen molar-refractivity contribution in [3.63, 3.8) is 0 Å². The number of nitrogen functional groups attached to an aromatic ring is 1. The van der Waals surface area contributed by atoms with Crippen LogP contribution in [0.4, 0.5) is 17.1 Å². The minimum absolute atomic E-state index is 0.132. The van der Waals surface area contributed by atoms with Crippen molar-refractivity contribution in [2.45, 2.75) is 31.9 Å². The average molecular weight is 464 g/mol. The standard InChI is InChI=1S/C26H26ClN3O3/c1-17-7-25(32-2)26(33-15-19-8-18(13-27)9-21(28)10-19)12-23(17)29-14-22-11-20-5-3-4-6-24(20)30(22)16-31/h3-10,12,14,16,22H,11,13,15,28H2,1-2H3. The fourth-order valence-corrected chi connectivity index (χ4v) is 4.19. The first-order valence-electron chi connectivity index (χ1n) is 10.6. The molecule has 1 unspecified atom stereocenters. The maximum absolute atomic E-state index is 11.7. The Morgan fingerprint density at radius 3 is 2.70 bits per heavy atom. The molecule has 1 heterocycles. The Bertz CT molecular complexity index is 1200. The van der Waals surface area contributed by atoms with E-state index in [2.05, 4.69) is 0 Å². The van der Waals surface area contributed by atoms with Crippen LogP contribution in [-0.2, 0) is 23.7 Å². The van der Waals surface area contributed by atoms with Crippen LogP contribution < -0.4 is 20.1 Å². The number of anilines is 2. The zero-order valence-corrected chi connectivity index (χ0v) is 19.4. The first-order chi connectivity index (χ1) is 16.0. The van der Waals surface area contributed by atoms with E-state index in [1.807, 2.05) is 67.7 Å². The number of benzene rings is 3. The summed E-state index contributed by atoms with van der Waals surface area (Å²) < 4.78 is 11.6. The Kier molecular flexibility index (Phi) is 6.84. The molecule has 0 saturated carbocycles. The SMILES string of the molecule is COc1cc(C)c(N=CC2Cc3ccccc3N2C=O)cc1OCc1cc(N)cc(CCl)c1. The number of hydrogen-bond donors (Lipinski definition) is 1. The van der Waals surface area contributed by atoms with Crippen molar-refractivity contribution in [1.82, 2.24) is 0 Å². The number of carbonyl (C=O) groups is 1. The number of carbonyl (C=O) groups excluding carboxylic acids is 1. The van der Waals surface area contributed by atoms with E-state index in [0.717, 1.165) is 46.5 Å². The quantitative estimate of drug-likeness (QED) is 0.216. The molecule has 0 aliphatic carbocycles. The van der Waals surface area contributed by atoms with Gasteiger partial charge in [0.2, 0.25) is 6.41 Å². The number of nitrogens with two attached hydrogens (primary N) is 1. The van der Waals surface area contributed by atoms with Crippen molar-refractivity contribution < 1.29 is 14.3 Å². The molecule has 33 heavy (non-hydrogen) atoms. The molecule has 1 aliphatic heterocycles. The molecule has 0 saturated heterocycles. The molecule has 0 aromatic heterocycles. The number of aryl methyl sites for hydroxylation is 1. The Hall–Kier alpha value is -3.51. The van der Waals surface area contributed by atoms with Crippen LogP contribution in [-0.4, -0.2) is 25.8 Å². The maximum atomic E-state index is 11.7. The third kappa shape index (κ3) is 4.96. The third-order valence-electron chi connectivity index (χ3n) is 5.66. The second-order valence-electron chi connectivity index (χ2n) is 7.99. The van der Waals surface area contributed by atoms with E-state index in [0.29, 0.717) is 29.7 Å². The van der Waals surface area contributed by atoms with Crippen LogP contribution in [0.2, 0.25) is 0 Å². The van der Waals surface area contributed by atoms with Gasteiger partial charge in [0.05, 0.1) is 18.8 Å². The second-order valence-corrected chi connectivity index (χ2v) is 8.25. The summed E-state index contributed by atoms with van der Waals surface area (Å²) in [6.45, 7) is 2.28. The Balaban J connectivity index is 1.56. The lowest BCUT2D eigenvalue weighted by atomic mass is 10.1. The fraction of sp³-hybridized carbons (Fsp3) is 0.231. The van der Waals surface area contributed by atoms with E-state index in [1.165, 1.54) is 0 Å². The van der Waals surface area contributed by atoms with Gasteiger partial charge in [-0.15, -0.1) is 11.6 Å². The second kappa shape index (κ2) is 9.96. The smallest absolute Gasteiger partial charge is 0.214 e. The third-order valence-corrected chi connectivity index (χ3v) is 5.97. The number of para-hydroxylation sites is 1. The zero-order valence-electron chi connectivity index (χ0n) is 18.6. The summed E-state index contributed by atoms with van der Waals surface area (Å²) in [6, 6.07) is 17.2. The molecule has 3 aromatic carbocycles. The Morgan fingerprint density at radius 2 is 1.94 bits per heavy atom. The van der Waals surface area contributed by atoms with Crippen LogP contribution >= 0.6 is 11.6 Å². The monoisotopic (exact) mass is 463 g/mol. The number of nitrogens with zero attached hydrogens (tertiary/aromatic N) is 2. The predicted molar refractivity (Wildman–Crippen MR) is 133 cm³/mol. The molecular weight excluding hydrogens is 438 g/mol. The molecular formula is C26H26ClN3O3. The molecule has 0 fully saturated rings. The summed E-state index contributed by atoms with van der Waals surface area (Å²) in [6.07, 6.45) is 3.41. The number of hydrogen-bond acceptors (Lipinski definition) is 5. The minimum atomic E-state index is -0.132. The molecule has 0 spiro atoms. The van der Waals surface area contributed by atoms with Crippen LogP contribution in [0.5, 0.6) is 11.5 Å². The van der Waals surface area contributed by atoms with Gasteiger partial charge in [0, 0.05) is 36.0 Å². The highest BCUT2D eigenvalue weighted by atomic mass is 35.5. The van der Waals surface area contributed by atoms with Crippen LogP contribution in [0.1, 0.15) is 22.3 Å². The summed E-state index contributed by atoms with van der Waals surface area (Å²) >= 11 is 5.96. The maximum Gasteiger partial charge on any atom is 0.214 e. The zero-order chi connectivity index (χ0) is 23.4. The van der Waals surface area contributed by atoms with Crippen LogP contribution in [0.25, 0.3) is 0 Å². The highest BCUT2D eigenvalue weighted by molar-refractivity contribution is 6.17. The van der Waals surface area contributed by atoms with Crippen molar-refractivity contribution in [3.05, 3.63) is 76.9 Å². The van der Waals surface area contributed by atoms with Gasteiger partial charge in [-0.05, 0) is 53.4 Å². The summed E-state index contributed by atoms with van der Waals surface area (Å²) in [5.74, 6) is 1.58. The fourth-order valence-electron chi connectivity index (χ4n) is 4.04. The minimum Gasteiger partial charge on any atom is -0.493 e. The van der Waals surface area contributed by atoms with Gasteiger partial charge in [0.1, 0.15) is 6.61 Å². The highest BCUT2D eigenvalue weighted by Crippen LogP contribution is 2.36. The van der Waals surface area contributed by atoms with E-state index < -0.39 is 0 Å². The normalized spacial score (nSPS) is 15.0. The molecule has 2 N–H and O–H groups in total. The molecule has 1 atom stereocenters. The van der Waals surface area contributed by atoms with Crippen molar-refractivity contribution in [3.8, 4) is 11.5 Å². The summed E-state index contributed by atoms with van der Waals surface area (Å²) in [7, 11) is 1.61. The lowest BCUT2D eigenvalue weighted by molar-refractivity contribution is -0.107. The van der Waals surface area contributed by atoms with Crippen molar-refractivity contribution in [2.24, 2.45) is 4.99 Å². The average Bonchev–Trinajstić information content (AvgIpc) is 3.19. The molecule has 3 aromatic rings. The number of fused-ring (bicyclic) bond motifs is 1.